The molecular weight excluding hydrogens is 304 g/mol. The molecule has 0 aromatic carbocycles. The SMILES string of the molecule is CCc1cc(C(=O)NC2CC(F)(F)C2)n2nc(C)c(C#N)c2n1. The molecule has 2 aromatic rings. The topological polar surface area (TPSA) is 83.1 Å². The van der Waals surface area contributed by atoms with E-state index in [0.717, 1.165) is 0 Å². The third-order valence-corrected chi connectivity index (χ3v) is 3.95. The number of rotatable bonds is 3. The van der Waals surface area contributed by atoms with Crippen LogP contribution in [-0.4, -0.2) is 32.5 Å². The molecular formula is C15H15F2N5O. The number of hydrogen-bond acceptors (Lipinski definition) is 4. The van der Waals surface area contributed by atoms with Crippen molar-refractivity contribution in [2.45, 2.75) is 45.1 Å². The summed E-state index contributed by atoms with van der Waals surface area (Å²) in [4.78, 5) is 16.8. The first-order chi connectivity index (χ1) is 10.8. The second-order valence-corrected chi connectivity index (χ2v) is 5.73. The highest BCUT2D eigenvalue weighted by Crippen LogP contribution is 2.37. The highest BCUT2D eigenvalue weighted by Gasteiger charge is 2.46. The van der Waals surface area contributed by atoms with E-state index in [4.69, 9.17) is 0 Å². The average Bonchev–Trinajstić information content (AvgIpc) is 2.79. The smallest absolute Gasteiger partial charge is 0.270 e. The number of hydrogen-bond donors (Lipinski definition) is 1. The van der Waals surface area contributed by atoms with Gasteiger partial charge in [-0.1, -0.05) is 6.92 Å². The minimum absolute atomic E-state index is 0.201. The van der Waals surface area contributed by atoms with Gasteiger partial charge in [-0.3, -0.25) is 4.79 Å². The second-order valence-electron chi connectivity index (χ2n) is 5.73. The number of nitriles is 1. The van der Waals surface area contributed by atoms with Crippen LogP contribution in [-0.2, 0) is 6.42 Å². The average molecular weight is 319 g/mol. The fraction of sp³-hybridized carbons (Fsp3) is 0.467. The van der Waals surface area contributed by atoms with Gasteiger partial charge in [0.2, 0.25) is 0 Å². The van der Waals surface area contributed by atoms with Crippen LogP contribution < -0.4 is 5.32 Å². The minimum atomic E-state index is -2.70. The van der Waals surface area contributed by atoms with Crippen molar-refractivity contribution in [3.63, 3.8) is 0 Å². The Hall–Kier alpha value is -2.56. The molecule has 1 saturated carbocycles. The van der Waals surface area contributed by atoms with Crippen molar-refractivity contribution in [2.24, 2.45) is 0 Å². The molecule has 0 spiro atoms. The minimum Gasteiger partial charge on any atom is -0.348 e. The molecule has 0 aliphatic heterocycles. The maximum atomic E-state index is 12.9. The van der Waals surface area contributed by atoms with Crippen molar-refractivity contribution in [1.29, 1.82) is 5.26 Å². The quantitative estimate of drug-likeness (QED) is 0.938. The molecule has 0 unspecified atom stereocenters. The molecule has 2 heterocycles. The standard InChI is InChI=1S/C15H15F2N5O/c1-3-9-4-12(14(23)20-10-5-15(16,17)6-10)22-13(19-9)11(7-18)8(2)21-22/h4,10H,3,5-6H2,1-2H3,(H,20,23). The summed E-state index contributed by atoms with van der Waals surface area (Å²) >= 11 is 0. The van der Waals surface area contributed by atoms with Crippen molar-refractivity contribution in [1.82, 2.24) is 19.9 Å². The van der Waals surface area contributed by atoms with E-state index in [9.17, 15) is 18.8 Å². The summed E-state index contributed by atoms with van der Waals surface area (Å²) in [5, 5.41) is 16.0. The predicted octanol–water partition coefficient (Wildman–Crippen LogP) is 2.00. The van der Waals surface area contributed by atoms with Gasteiger partial charge in [-0.2, -0.15) is 10.4 Å². The highest BCUT2D eigenvalue weighted by molar-refractivity contribution is 5.93. The number of carbonyl (C=O) groups is 1. The third-order valence-electron chi connectivity index (χ3n) is 3.95. The number of amides is 1. The lowest BCUT2D eigenvalue weighted by molar-refractivity contribution is -0.0901. The summed E-state index contributed by atoms with van der Waals surface area (Å²) in [6.07, 6.45) is -0.127. The number of nitrogens with zero attached hydrogens (tertiary/aromatic N) is 4. The summed E-state index contributed by atoms with van der Waals surface area (Å²) in [6, 6.07) is 3.07. The normalized spacial score (nSPS) is 16.8. The highest BCUT2D eigenvalue weighted by atomic mass is 19.3. The lowest BCUT2D eigenvalue weighted by Gasteiger charge is -2.35. The van der Waals surface area contributed by atoms with Gasteiger partial charge in [0.1, 0.15) is 17.3 Å². The molecule has 6 nitrogen and oxygen atoms in total. The molecule has 120 valence electrons. The largest absolute Gasteiger partial charge is 0.348 e. The Balaban J connectivity index is 1.99. The fourth-order valence-electron chi connectivity index (χ4n) is 2.67. The van der Waals surface area contributed by atoms with E-state index in [1.165, 1.54) is 4.52 Å². The van der Waals surface area contributed by atoms with Crippen LogP contribution in [0.5, 0.6) is 0 Å². The van der Waals surface area contributed by atoms with Gasteiger partial charge in [0.15, 0.2) is 5.65 Å². The number of halogens is 2. The summed E-state index contributed by atoms with van der Waals surface area (Å²) < 4.78 is 27.1. The lowest BCUT2D eigenvalue weighted by atomic mass is 9.88. The Bertz CT molecular complexity index is 828. The van der Waals surface area contributed by atoms with Crippen LogP contribution in [0.3, 0.4) is 0 Å². The second kappa shape index (κ2) is 5.26. The first-order valence-corrected chi connectivity index (χ1v) is 7.32. The first kappa shape index (κ1) is 15.3. The number of nitrogens with one attached hydrogen (secondary N) is 1. The Kier molecular flexibility index (Phi) is 3.51. The van der Waals surface area contributed by atoms with Gasteiger partial charge in [-0.15, -0.1) is 0 Å². The van der Waals surface area contributed by atoms with Crippen molar-refractivity contribution in [2.75, 3.05) is 0 Å². The Morgan fingerprint density at radius 3 is 2.83 bits per heavy atom. The Morgan fingerprint density at radius 1 is 1.57 bits per heavy atom. The predicted molar refractivity (Wildman–Crippen MR) is 77.3 cm³/mol. The van der Waals surface area contributed by atoms with Gasteiger partial charge in [0, 0.05) is 24.6 Å². The van der Waals surface area contributed by atoms with Crippen LogP contribution in [0.15, 0.2) is 6.07 Å². The Morgan fingerprint density at radius 2 is 2.26 bits per heavy atom. The van der Waals surface area contributed by atoms with Crippen LogP contribution in [0.2, 0.25) is 0 Å². The maximum Gasteiger partial charge on any atom is 0.270 e. The lowest BCUT2D eigenvalue weighted by Crippen LogP contribution is -2.50. The van der Waals surface area contributed by atoms with Gasteiger partial charge in [0.25, 0.3) is 11.8 Å². The molecule has 8 heteroatoms. The van der Waals surface area contributed by atoms with E-state index in [-0.39, 0.29) is 18.5 Å². The van der Waals surface area contributed by atoms with Crippen LogP contribution in [0.1, 0.15) is 47.2 Å². The van der Waals surface area contributed by atoms with Crippen molar-refractivity contribution in [3.05, 3.63) is 28.7 Å². The zero-order chi connectivity index (χ0) is 16.8. The molecule has 0 saturated heterocycles. The van der Waals surface area contributed by atoms with Crippen LogP contribution in [0, 0.1) is 18.3 Å². The number of alkyl halides is 2. The van der Waals surface area contributed by atoms with E-state index in [1.54, 1.807) is 13.0 Å². The first-order valence-electron chi connectivity index (χ1n) is 7.32. The van der Waals surface area contributed by atoms with Crippen LogP contribution in [0.4, 0.5) is 8.78 Å². The molecule has 2 aromatic heterocycles. The summed E-state index contributed by atoms with van der Waals surface area (Å²) in [6.45, 7) is 3.54. The zero-order valence-corrected chi connectivity index (χ0v) is 12.7. The van der Waals surface area contributed by atoms with E-state index in [0.29, 0.717) is 29.0 Å². The summed E-state index contributed by atoms with van der Waals surface area (Å²) in [5.41, 5.74) is 1.93. The van der Waals surface area contributed by atoms with Crippen molar-refractivity contribution < 1.29 is 13.6 Å². The maximum absolute atomic E-state index is 12.9. The molecule has 0 bridgehead atoms. The molecule has 0 atom stereocenters. The molecule has 1 N–H and O–H groups in total. The van der Waals surface area contributed by atoms with Crippen LogP contribution in [0.25, 0.3) is 5.65 Å². The van der Waals surface area contributed by atoms with E-state index >= 15 is 0 Å². The number of carbonyl (C=O) groups excluding carboxylic acids is 1. The molecule has 3 rings (SSSR count). The molecule has 23 heavy (non-hydrogen) atoms. The Labute approximate surface area is 131 Å². The number of aryl methyl sites for hydroxylation is 2. The fourth-order valence-corrected chi connectivity index (χ4v) is 2.67. The van der Waals surface area contributed by atoms with Crippen molar-refractivity contribution in [3.8, 4) is 6.07 Å². The van der Waals surface area contributed by atoms with Gasteiger partial charge in [-0.25, -0.2) is 18.3 Å². The van der Waals surface area contributed by atoms with Gasteiger partial charge < -0.3 is 5.32 Å². The third kappa shape index (κ3) is 2.63. The number of fused-ring (bicyclic) bond motifs is 1. The molecule has 0 radical (unpaired) electrons. The summed E-state index contributed by atoms with van der Waals surface area (Å²) in [7, 11) is 0. The van der Waals surface area contributed by atoms with Gasteiger partial charge in [-0.05, 0) is 19.4 Å². The van der Waals surface area contributed by atoms with Crippen molar-refractivity contribution >= 4 is 11.6 Å². The van der Waals surface area contributed by atoms with Crippen LogP contribution >= 0.6 is 0 Å². The number of aromatic nitrogens is 3. The molecule has 1 aliphatic rings. The van der Waals surface area contributed by atoms with Gasteiger partial charge >= 0.3 is 0 Å². The van der Waals surface area contributed by atoms with E-state index in [1.807, 2.05) is 13.0 Å². The molecule has 1 aliphatic carbocycles. The molecule has 1 fully saturated rings. The van der Waals surface area contributed by atoms with Gasteiger partial charge in [0.05, 0.1) is 5.69 Å². The zero-order valence-electron chi connectivity index (χ0n) is 12.7. The van der Waals surface area contributed by atoms with E-state index in [2.05, 4.69) is 15.4 Å². The van der Waals surface area contributed by atoms with E-state index < -0.39 is 17.9 Å². The monoisotopic (exact) mass is 319 g/mol. The summed E-state index contributed by atoms with van der Waals surface area (Å²) in [5.74, 6) is -3.18. The molecule has 1 amide bonds.